The van der Waals surface area contributed by atoms with Gasteiger partial charge in [0.25, 0.3) is 0 Å². The lowest BCUT2D eigenvalue weighted by Crippen LogP contribution is -2.10. The molecular formula is C19H17ClF2N2O. The zero-order valence-electron chi connectivity index (χ0n) is 14.1. The minimum absolute atomic E-state index is 0.184. The monoisotopic (exact) mass is 362 g/mol. The highest BCUT2D eigenvalue weighted by Crippen LogP contribution is 2.16. The molecule has 130 valence electrons. The molecule has 0 heterocycles. The summed E-state index contributed by atoms with van der Waals surface area (Å²) in [5, 5.41) is 8.45. The van der Waals surface area contributed by atoms with Crippen LogP contribution in [0.4, 0.5) is 8.78 Å². The maximum absolute atomic E-state index is 13.9. The first kappa shape index (κ1) is 18.9. The molecule has 0 aromatic heterocycles. The van der Waals surface area contributed by atoms with Gasteiger partial charge in [0.15, 0.2) is 0 Å². The van der Waals surface area contributed by atoms with Crippen molar-refractivity contribution in [2.75, 3.05) is 0 Å². The molecule has 0 atom stereocenters. The number of hydrogen-bond donors (Lipinski definition) is 0. The third kappa shape index (κ3) is 5.03. The molecule has 0 spiro atoms. The van der Waals surface area contributed by atoms with Crippen molar-refractivity contribution in [3.63, 3.8) is 0 Å². The van der Waals surface area contributed by atoms with E-state index in [9.17, 15) is 13.6 Å². The molecule has 0 amide bonds. The highest BCUT2D eigenvalue weighted by Gasteiger charge is 2.11. The number of hydrogen-bond acceptors (Lipinski definition) is 3. The Balaban J connectivity index is 2.15. The number of rotatable bonds is 5. The van der Waals surface area contributed by atoms with Gasteiger partial charge >= 0.3 is 0 Å². The molecule has 0 fully saturated rings. The van der Waals surface area contributed by atoms with E-state index in [1.165, 1.54) is 6.07 Å². The van der Waals surface area contributed by atoms with Crippen molar-refractivity contribution in [1.29, 1.82) is 0 Å². The molecule has 0 N–H and O–H groups in total. The lowest BCUT2D eigenvalue weighted by molar-refractivity contribution is 0.106. The van der Waals surface area contributed by atoms with Crippen LogP contribution in [0.2, 0.25) is 5.02 Å². The lowest BCUT2D eigenvalue weighted by atomic mass is 10.0. The molecule has 0 saturated heterocycles. The highest BCUT2D eigenvalue weighted by molar-refractivity contribution is 6.45. The Morgan fingerprint density at radius 3 is 2.32 bits per heavy atom. The maximum Gasteiger partial charge on any atom is 0.208 e. The summed E-state index contributed by atoms with van der Waals surface area (Å²) in [4.78, 5) is 12.2. The number of aryl methyl sites for hydroxylation is 1. The van der Waals surface area contributed by atoms with Gasteiger partial charge in [0.2, 0.25) is 5.78 Å². The first-order chi connectivity index (χ1) is 11.8. The standard InChI is InChI=1S/C19H17ClF2N2O/c1-11-8-16(21)10-18(22)17(11)9-12(2)23-24-13(3)19(25)14-4-6-15(20)7-5-14/h4-8,10H,9H2,1-3H3. The molecule has 0 bridgehead atoms. The second kappa shape index (κ2) is 8.12. The summed E-state index contributed by atoms with van der Waals surface area (Å²) >= 11 is 5.79. The summed E-state index contributed by atoms with van der Waals surface area (Å²) in [6.45, 7) is 4.86. The van der Waals surface area contributed by atoms with E-state index in [0.29, 0.717) is 27.4 Å². The third-order valence-corrected chi connectivity index (χ3v) is 3.87. The second-order valence-corrected chi connectivity index (χ2v) is 6.15. The van der Waals surface area contributed by atoms with Gasteiger partial charge in [-0.05, 0) is 62.2 Å². The Morgan fingerprint density at radius 1 is 1.08 bits per heavy atom. The predicted octanol–water partition coefficient (Wildman–Crippen LogP) is 5.19. The van der Waals surface area contributed by atoms with Gasteiger partial charge in [-0.15, -0.1) is 0 Å². The van der Waals surface area contributed by atoms with E-state index in [2.05, 4.69) is 10.2 Å². The fourth-order valence-corrected chi connectivity index (χ4v) is 2.39. The molecule has 25 heavy (non-hydrogen) atoms. The second-order valence-electron chi connectivity index (χ2n) is 5.72. The van der Waals surface area contributed by atoms with Crippen LogP contribution in [-0.4, -0.2) is 17.2 Å². The Morgan fingerprint density at radius 2 is 1.72 bits per heavy atom. The van der Waals surface area contributed by atoms with Crippen LogP contribution < -0.4 is 0 Å². The van der Waals surface area contributed by atoms with Gasteiger partial charge in [-0.1, -0.05) is 11.6 Å². The molecule has 2 rings (SSSR count). The molecular weight excluding hydrogens is 346 g/mol. The van der Waals surface area contributed by atoms with E-state index in [1.807, 2.05) is 0 Å². The van der Waals surface area contributed by atoms with Crippen LogP contribution in [0, 0.1) is 18.6 Å². The summed E-state index contributed by atoms with van der Waals surface area (Å²) in [6.07, 6.45) is 0.184. The van der Waals surface area contributed by atoms with Gasteiger partial charge in [-0.25, -0.2) is 8.78 Å². The van der Waals surface area contributed by atoms with Crippen LogP contribution in [0.3, 0.4) is 0 Å². The Labute approximate surface area is 150 Å². The quantitative estimate of drug-likeness (QED) is 0.410. The number of halogens is 3. The number of Topliss-reactive ketones (excluding diaryl/α,β-unsaturated/α-hetero) is 1. The number of nitrogens with zero attached hydrogens (tertiary/aromatic N) is 2. The SMILES string of the molecule is CC(Cc1c(C)cc(F)cc1F)=NN=C(C)C(=O)c1ccc(Cl)cc1. The number of benzene rings is 2. The van der Waals surface area contributed by atoms with Crippen molar-refractivity contribution in [3.8, 4) is 0 Å². The number of ketones is 1. The zero-order valence-corrected chi connectivity index (χ0v) is 14.9. The van der Waals surface area contributed by atoms with E-state index in [0.717, 1.165) is 6.07 Å². The number of carbonyl (C=O) groups is 1. The van der Waals surface area contributed by atoms with Crippen LogP contribution in [-0.2, 0) is 6.42 Å². The first-order valence-corrected chi connectivity index (χ1v) is 7.98. The fourth-order valence-electron chi connectivity index (χ4n) is 2.26. The van der Waals surface area contributed by atoms with Gasteiger partial charge in [0.05, 0.1) is 0 Å². The van der Waals surface area contributed by atoms with Gasteiger partial charge in [0.1, 0.15) is 17.3 Å². The Hall–Kier alpha value is -2.40. The minimum atomic E-state index is -0.620. The van der Waals surface area contributed by atoms with Crippen molar-refractivity contribution in [3.05, 3.63) is 69.7 Å². The molecule has 0 aliphatic heterocycles. The molecule has 0 saturated carbocycles. The van der Waals surface area contributed by atoms with E-state index >= 15 is 0 Å². The van der Waals surface area contributed by atoms with Crippen LogP contribution >= 0.6 is 11.6 Å². The average Bonchev–Trinajstić information content (AvgIpc) is 2.56. The summed E-state index contributed by atoms with van der Waals surface area (Å²) < 4.78 is 27.0. The largest absolute Gasteiger partial charge is 0.287 e. The summed E-state index contributed by atoms with van der Waals surface area (Å²) in [6, 6.07) is 8.57. The van der Waals surface area contributed by atoms with E-state index in [1.54, 1.807) is 45.0 Å². The van der Waals surface area contributed by atoms with E-state index in [-0.39, 0.29) is 17.9 Å². The molecule has 0 unspecified atom stereocenters. The number of carbonyl (C=O) groups excluding carboxylic acids is 1. The normalized spacial score (nSPS) is 12.4. The Kier molecular flexibility index (Phi) is 6.15. The molecule has 0 aliphatic carbocycles. The molecule has 2 aromatic rings. The Bertz CT molecular complexity index is 835. The smallest absolute Gasteiger partial charge is 0.208 e. The summed E-state index contributed by atoms with van der Waals surface area (Å²) in [5.41, 5.74) is 2.04. The molecule has 0 radical (unpaired) electrons. The van der Waals surface area contributed by atoms with Gasteiger partial charge < -0.3 is 0 Å². The maximum atomic E-state index is 13.9. The van der Waals surface area contributed by atoms with Crippen molar-refractivity contribution >= 4 is 28.8 Å². The summed E-state index contributed by atoms with van der Waals surface area (Å²) in [7, 11) is 0. The first-order valence-electron chi connectivity index (χ1n) is 7.60. The van der Waals surface area contributed by atoms with Gasteiger partial charge in [-0.2, -0.15) is 10.2 Å². The minimum Gasteiger partial charge on any atom is -0.287 e. The predicted molar refractivity (Wildman–Crippen MR) is 96.8 cm³/mol. The highest BCUT2D eigenvalue weighted by atomic mass is 35.5. The fraction of sp³-hybridized carbons (Fsp3) is 0.211. The lowest BCUT2D eigenvalue weighted by Gasteiger charge is -2.07. The molecule has 3 nitrogen and oxygen atoms in total. The summed E-state index contributed by atoms with van der Waals surface area (Å²) in [5.74, 6) is -1.50. The topological polar surface area (TPSA) is 41.8 Å². The molecule has 6 heteroatoms. The van der Waals surface area contributed by atoms with Crippen LogP contribution in [0.1, 0.15) is 35.3 Å². The van der Waals surface area contributed by atoms with E-state index < -0.39 is 11.6 Å². The van der Waals surface area contributed by atoms with Crippen molar-refractivity contribution in [1.82, 2.24) is 0 Å². The zero-order chi connectivity index (χ0) is 18.6. The van der Waals surface area contributed by atoms with Crippen LogP contribution in [0.15, 0.2) is 46.6 Å². The van der Waals surface area contributed by atoms with Crippen LogP contribution in [0.5, 0.6) is 0 Å². The third-order valence-electron chi connectivity index (χ3n) is 3.62. The van der Waals surface area contributed by atoms with Gasteiger partial charge in [-0.3, -0.25) is 4.79 Å². The molecule has 2 aromatic carbocycles. The van der Waals surface area contributed by atoms with Crippen molar-refractivity contribution < 1.29 is 13.6 Å². The van der Waals surface area contributed by atoms with Crippen LogP contribution in [0.25, 0.3) is 0 Å². The van der Waals surface area contributed by atoms with Gasteiger partial charge in [0, 0.05) is 28.8 Å². The molecule has 0 aliphatic rings. The average molecular weight is 363 g/mol. The van der Waals surface area contributed by atoms with Crippen molar-refractivity contribution in [2.45, 2.75) is 27.2 Å². The van der Waals surface area contributed by atoms with E-state index in [4.69, 9.17) is 11.6 Å². The van der Waals surface area contributed by atoms with Crippen molar-refractivity contribution in [2.24, 2.45) is 10.2 Å².